The van der Waals surface area contributed by atoms with Crippen LogP contribution in [0.25, 0.3) is 11.0 Å². The molecule has 2 heterocycles. The molecule has 4 aromatic rings. The summed E-state index contributed by atoms with van der Waals surface area (Å²) in [6, 6.07) is 16.7. The largest absolute Gasteiger partial charge is 0.467 e. The third-order valence-electron chi connectivity index (χ3n) is 5.21. The smallest absolute Gasteiger partial charge is 0.243 e. The molecule has 2 aromatic carbocycles. The topological polar surface area (TPSA) is 60.1 Å². The van der Waals surface area contributed by atoms with Gasteiger partial charge in [-0.25, -0.2) is 4.98 Å². The van der Waals surface area contributed by atoms with Gasteiger partial charge in [0.1, 0.15) is 17.6 Å². The Bertz CT molecular complexity index is 1180. The highest BCUT2D eigenvalue weighted by Crippen LogP contribution is 2.28. The van der Waals surface area contributed by atoms with Gasteiger partial charge in [0.25, 0.3) is 0 Å². The molecular weight excluding hydrogens is 433 g/mol. The van der Waals surface area contributed by atoms with Gasteiger partial charge >= 0.3 is 0 Å². The maximum absolute atomic E-state index is 13.2. The molecule has 0 aliphatic carbocycles. The van der Waals surface area contributed by atoms with E-state index >= 15 is 0 Å². The summed E-state index contributed by atoms with van der Waals surface area (Å²) in [4.78, 5) is 18.1. The van der Waals surface area contributed by atoms with E-state index in [0.717, 1.165) is 34.6 Å². The zero-order valence-corrected chi connectivity index (χ0v) is 18.7. The lowest BCUT2D eigenvalue weighted by atomic mass is 10.1. The van der Waals surface area contributed by atoms with Crippen LogP contribution in [0.4, 0.5) is 0 Å². The van der Waals surface area contributed by atoms with Crippen molar-refractivity contribution < 1.29 is 9.21 Å². The summed E-state index contributed by atoms with van der Waals surface area (Å²) in [5.41, 5.74) is 2.78. The number of benzene rings is 2. The highest BCUT2D eigenvalue weighted by Gasteiger charge is 2.25. The molecule has 0 aliphatic rings. The lowest BCUT2D eigenvalue weighted by Crippen LogP contribution is -2.33. The van der Waals surface area contributed by atoms with E-state index in [1.165, 1.54) is 0 Å². The Kier molecular flexibility index (Phi) is 6.64. The maximum atomic E-state index is 13.2. The molecule has 0 unspecified atom stereocenters. The molecule has 160 valence electrons. The first kappa shape index (κ1) is 21.5. The number of amides is 1. The number of halogens is 2. The van der Waals surface area contributed by atoms with Gasteiger partial charge in [-0.05, 0) is 48.4 Å². The number of fused-ring (bicyclic) bond motifs is 1. The minimum atomic E-state index is -0.384. The zero-order chi connectivity index (χ0) is 21.8. The van der Waals surface area contributed by atoms with Gasteiger partial charge in [0.15, 0.2) is 0 Å². The highest BCUT2D eigenvalue weighted by molar-refractivity contribution is 6.42. The summed E-state index contributed by atoms with van der Waals surface area (Å²) in [5, 5.41) is 4.03. The van der Waals surface area contributed by atoms with Crippen molar-refractivity contribution in [3.63, 3.8) is 0 Å². The van der Waals surface area contributed by atoms with E-state index < -0.39 is 0 Å². The summed E-state index contributed by atoms with van der Waals surface area (Å²) in [7, 11) is 0. The van der Waals surface area contributed by atoms with Crippen LogP contribution < -0.4 is 5.32 Å². The number of hydrogen-bond acceptors (Lipinski definition) is 3. The molecule has 31 heavy (non-hydrogen) atoms. The van der Waals surface area contributed by atoms with E-state index in [1.54, 1.807) is 12.3 Å². The fourth-order valence-corrected chi connectivity index (χ4v) is 4.08. The van der Waals surface area contributed by atoms with Gasteiger partial charge in [-0.15, -0.1) is 0 Å². The van der Waals surface area contributed by atoms with Crippen LogP contribution in [-0.2, 0) is 17.8 Å². The molecule has 1 N–H and O–H groups in total. The number of nitrogens with zero attached hydrogens (tertiary/aromatic N) is 2. The molecule has 1 atom stereocenters. The average Bonchev–Trinajstić information content (AvgIpc) is 3.40. The fourth-order valence-electron chi connectivity index (χ4n) is 3.76. The van der Waals surface area contributed by atoms with Crippen molar-refractivity contribution in [3.8, 4) is 0 Å². The second-order valence-electron chi connectivity index (χ2n) is 7.41. The Hall–Kier alpha value is -2.76. The Morgan fingerprint density at radius 1 is 1.13 bits per heavy atom. The summed E-state index contributed by atoms with van der Waals surface area (Å²) < 4.78 is 7.41. The quantitative estimate of drug-likeness (QED) is 0.344. The number of carbonyl (C=O) groups is 1. The number of rotatable bonds is 8. The van der Waals surface area contributed by atoms with E-state index in [9.17, 15) is 4.79 Å². The van der Waals surface area contributed by atoms with Gasteiger partial charge in [-0.1, -0.05) is 54.7 Å². The number of hydrogen-bond donors (Lipinski definition) is 1. The molecule has 0 radical (unpaired) electrons. The van der Waals surface area contributed by atoms with E-state index in [2.05, 4.69) is 16.8 Å². The number of carbonyl (C=O) groups excluding carboxylic acids is 1. The number of para-hydroxylation sites is 2. The van der Waals surface area contributed by atoms with E-state index in [0.29, 0.717) is 29.4 Å². The molecule has 2 aromatic heterocycles. The van der Waals surface area contributed by atoms with Gasteiger partial charge in [0.05, 0.1) is 33.9 Å². The van der Waals surface area contributed by atoms with Crippen LogP contribution in [0, 0.1) is 0 Å². The van der Waals surface area contributed by atoms with Crippen LogP contribution in [-0.4, -0.2) is 15.5 Å². The number of imidazole rings is 1. The van der Waals surface area contributed by atoms with Crippen molar-refractivity contribution in [2.45, 2.75) is 38.8 Å². The standard InChI is InChI=1S/C24H23Cl2N3O2/c1-2-6-22(24(30)27-15-17-7-5-12-31-17)29-21-9-4-3-8-20(21)28-23(29)14-16-10-11-18(25)19(26)13-16/h3-5,7-13,22H,2,6,14-15H2,1H3,(H,27,30)/t22-/m0/s1. The lowest BCUT2D eigenvalue weighted by molar-refractivity contribution is -0.124. The Balaban J connectivity index is 1.70. The summed E-state index contributed by atoms with van der Waals surface area (Å²) in [5.74, 6) is 1.47. The predicted molar refractivity (Wildman–Crippen MR) is 124 cm³/mol. The van der Waals surface area contributed by atoms with Crippen molar-refractivity contribution >= 4 is 40.1 Å². The first-order valence-corrected chi connectivity index (χ1v) is 11.0. The van der Waals surface area contributed by atoms with Crippen molar-refractivity contribution in [2.24, 2.45) is 0 Å². The number of nitrogens with one attached hydrogen (secondary N) is 1. The molecule has 4 rings (SSSR count). The molecule has 0 bridgehead atoms. The first-order chi connectivity index (χ1) is 15.1. The van der Waals surface area contributed by atoms with E-state index in [1.807, 2.05) is 48.5 Å². The maximum Gasteiger partial charge on any atom is 0.243 e. The van der Waals surface area contributed by atoms with Crippen LogP contribution in [0.15, 0.2) is 65.3 Å². The van der Waals surface area contributed by atoms with Gasteiger partial charge in [0.2, 0.25) is 5.91 Å². The Labute approximate surface area is 191 Å². The molecule has 0 spiro atoms. The minimum absolute atomic E-state index is 0.0585. The highest BCUT2D eigenvalue weighted by atomic mass is 35.5. The van der Waals surface area contributed by atoms with Crippen molar-refractivity contribution in [3.05, 3.63) is 88.1 Å². The molecule has 0 saturated carbocycles. The van der Waals surface area contributed by atoms with Gasteiger partial charge in [-0.3, -0.25) is 4.79 Å². The van der Waals surface area contributed by atoms with Gasteiger partial charge in [0, 0.05) is 6.42 Å². The SMILES string of the molecule is CCC[C@@H](C(=O)NCc1ccco1)n1c(Cc2ccc(Cl)c(Cl)c2)nc2ccccc21. The van der Waals surface area contributed by atoms with E-state index in [-0.39, 0.29) is 11.9 Å². The molecule has 0 aliphatic heterocycles. The molecule has 7 heteroatoms. The lowest BCUT2D eigenvalue weighted by Gasteiger charge is -2.21. The fraction of sp³-hybridized carbons (Fsp3) is 0.250. The van der Waals surface area contributed by atoms with Crippen LogP contribution in [0.5, 0.6) is 0 Å². The normalized spacial score (nSPS) is 12.2. The number of aromatic nitrogens is 2. The summed E-state index contributed by atoms with van der Waals surface area (Å²) in [6.07, 6.45) is 3.69. The molecule has 1 amide bonds. The van der Waals surface area contributed by atoms with Crippen LogP contribution in [0.1, 0.15) is 43.0 Å². The van der Waals surface area contributed by atoms with Crippen LogP contribution >= 0.6 is 23.2 Å². The van der Waals surface area contributed by atoms with Crippen LogP contribution in [0.3, 0.4) is 0 Å². The Morgan fingerprint density at radius 2 is 1.97 bits per heavy atom. The third-order valence-corrected chi connectivity index (χ3v) is 5.95. The monoisotopic (exact) mass is 455 g/mol. The number of furan rings is 1. The van der Waals surface area contributed by atoms with Crippen molar-refractivity contribution in [1.82, 2.24) is 14.9 Å². The summed E-state index contributed by atoms with van der Waals surface area (Å²) >= 11 is 12.3. The third kappa shape index (κ3) is 4.78. The Morgan fingerprint density at radius 3 is 2.71 bits per heavy atom. The summed E-state index contributed by atoms with van der Waals surface area (Å²) in [6.45, 7) is 2.42. The second-order valence-corrected chi connectivity index (χ2v) is 8.23. The predicted octanol–water partition coefficient (Wildman–Crippen LogP) is 6.18. The van der Waals surface area contributed by atoms with E-state index in [4.69, 9.17) is 32.6 Å². The molecule has 0 saturated heterocycles. The second kappa shape index (κ2) is 9.58. The molecule has 5 nitrogen and oxygen atoms in total. The zero-order valence-electron chi connectivity index (χ0n) is 17.1. The average molecular weight is 456 g/mol. The van der Waals surface area contributed by atoms with Gasteiger partial charge < -0.3 is 14.3 Å². The van der Waals surface area contributed by atoms with Crippen LogP contribution in [0.2, 0.25) is 10.0 Å². The van der Waals surface area contributed by atoms with Gasteiger partial charge in [-0.2, -0.15) is 0 Å². The minimum Gasteiger partial charge on any atom is -0.467 e. The molecule has 0 fully saturated rings. The molecular formula is C24H23Cl2N3O2. The first-order valence-electron chi connectivity index (χ1n) is 10.3. The van der Waals surface area contributed by atoms with Crippen molar-refractivity contribution in [2.75, 3.05) is 0 Å². The van der Waals surface area contributed by atoms with Crippen molar-refractivity contribution in [1.29, 1.82) is 0 Å².